The first-order valence-electron chi connectivity index (χ1n) is 6.39. The van der Waals surface area contributed by atoms with Crippen molar-refractivity contribution >= 4 is 11.7 Å². The van der Waals surface area contributed by atoms with E-state index in [1.54, 1.807) is 18.3 Å². The van der Waals surface area contributed by atoms with E-state index in [-0.39, 0.29) is 5.57 Å². The van der Waals surface area contributed by atoms with Crippen LogP contribution in [0.25, 0.3) is 0 Å². The molecule has 0 saturated heterocycles. The summed E-state index contributed by atoms with van der Waals surface area (Å²) in [5.41, 5.74) is 0.970. The lowest BCUT2D eigenvalue weighted by molar-refractivity contribution is -0.117. The number of carbonyl (C=O) groups excluding carboxylic acids is 1. The van der Waals surface area contributed by atoms with Gasteiger partial charge >= 0.3 is 0 Å². The van der Waals surface area contributed by atoms with Crippen molar-refractivity contribution in [2.24, 2.45) is 0 Å². The number of pyridine rings is 1. The lowest BCUT2D eigenvalue weighted by Gasteiger charge is -2.05. The summed E-state index contributed by atoms with van der Waals surface area (Å²) in [4.78, 5) is 15.9. The number of nitriles is 1. The van der Waals surface area contributed by atoms with Crippen molar-refractivity contribution in [3.05, 3.63) is 72.1 Å². The Morgan fingerprint density at radius 1 is 1.19 bits per heavy atom. The molecule has 0 atom stereocenters. The molecule has 0 aliphatic rings. The summed E-state index contributed by atoms with van der Waals surface area (Å²) in [5.74, 6) is 0.144. The van der Waals surface area contributed by atoms with E-state index in [1.165, 1.54) is 6.20 Å². The van der Waals surface area contributed by atoms with Crippen LogP contribution in [0.2, 0.25) is 0 Å². The van der Waals surface area contributed by atoms with Crippen LogP contribution in [0.15, 0.2) is 66.5 Å². The standard InChI is InChI=1S/C16H14N4O/c17-10-14(12-19-15-8-4-5-9-18-15)16(21)20-11-13-6-2-1-3-7-13/h1-9,12H,11H2,(H,18,19)(H,20,21)/b14-12-. The Bertz CT molecular complexity index is 660. The Hall–Kier alpha value is -3.13. The number of hydrogen-bond acceptors (Lipinski definition) is 4. The number of amides is 1. The summed E-state index contributed by atoms with van der Waals surface area (Å²) in [5, 5.41) is 14.5. The van der Waals surface area contributed by atoms with Crippen LogP contribution in [0.4, 0.5) is 5.82 Å². The fourth-order valence-corrected chi connectivity index (χ4v) is 1.62. The maximum Gasteiger partial charge on any atom is 0.263 e. The molecule has 0 aliphatic heterocycles. The molecule has 0 saturated carbocycles. The maximum absolute atomic E-state index is 11.9. The molecule has 1 heterocycles. The molecular formula is C16H14N4O. The third-order valence-electron chi connectivity index (χ3n) is 2.69. The second-order valence-corrected chi connectivity index (χ2v) is 4.20. The summed E-state index contributed by atoms with van der Waals surface area (Å²) in [6.07, 6.45) is 2.97. The van der Waals surface area contributed by atoms with Crippen molar-refractivity contribution in [1.82, 2.24) is 10.3 Å². The summed E-state index contributed by atoms with van der Waals surface area (Å²) in [7, 11) is 0. The summed E-state index contributed by atoms with van der Waals surface area (Å²) >= 11 is 0. The first-order valence-corrected chi connectivity index (χ1v) is 6.39. The third-order valence-corrected chi connectivity index (χ3v) is 2.69. The van der Waals surface area contributed by atoms with Crippen molar-refractivity contribution in [3.8, 4) is 6.07 Å². The van der Waals surface area contributed by atoms with Gasteiger partial charge in [0.1, 0.15) is 17.5 Å². The lowest BCUT2D eigenvalue weighted by Crippen LogP contribution is -2.24. The summed E-state index contributed by atoms with van der Waals surface area (Å²) in [6.45, 7) is 0.377. The molecule has 0 unspecified atom stereocenters. The van der Waals surface area contributed by atoms with E-state index < -0.39 is 5.91 Å². The quantitative estimate of drug-likeness (QED) is 0.649. The number of aromatic nitrogens is 1. The highest BCUT2D eigenvalue weighted by molar-refractivity contribution is 5.97. The molecule has 5 nitrogen and oxygen atoms in total. The summed E-state index contributed by atoms with van der Waals surface area (Å²) < 4.78 is 0. The average molecular weight is 278 g/mol. The monoisotopic (exact) mass is 278 g/mol. The van der Waals surface area contributed by atoms with Gasteiger partial charge in [-0.2, -0.15) is 5.26 Å². The number of rotatable bonds is 5. The molecular weight excluding hydrogens is 264 g/mol. The number of benzene rings is 1. The summed E-state index contributed by atoms with van der Waals surface area (Å²) in [6, 6.07) is 16.7. The Labute approximate surface area is 122 Å². The number of nitrogens with one attached hydrogen (secondary N) is 2. The second kappa shape index (κ2) is 7.46. The zero-order chi connectivity index (χ0) is 14.9. The van der Waals surface area contributed by atoms with E-state index in [4.69, 9.17) is 5.26 Å². The van der Waals surface area contributed by atoms with Crippen LogP contribution >= 0.6 is 0 Å². The van der Waals surface area contributed by atoms with Gasteiger partial charge in [0.15, 0.2) is 0 Å². The van der Waals surface area contributed by atoms with Gasteiger partial charge in [-0.1, -0.05) is 36.4 Å². The van der Waals surface area contributed by atoms with Gasteiger partial charge in [0, 0.05) is 18.9 Å². The molecule has 104 valence electrons. The van der Waals surface area contributed by atoms with E-state index >= 15 is 0 Å². The third kappa shape index (κ3) is 4.48. The average Bonchev–Trinajstić information content (AvgIpc) is 2.55. The Morgan fingerprint density at radius 3 is 2.62 bits per heavy atom. The van der Waals surface area contributed by atoms with E-state index in [9.17, 15) is 4.79 Å². The van der Waals surface area contributed by atoms with E-state index in [1.807, 2.05) is 42.5 Å². The van der Waals surface area contributed by atoms with Crippen LogP contribution in [0.5, 0.6) is 0 Å². The van der Waals surface area contributed by atoms with Crippen LogP contribution in [0, 0.1) is 11.3 Å². The smallest absolute Gasteiger partial charge is 0.263 e. The van der Waals surface area contributed by atoms with Gasteiger partial charge in [-0.3, -0.25) is 4.79 Å². The van der Waals surface area contributed by atoms with Gasteiger partial charge in [-0.25, -0.2) is 4.98 Å². The van der Waals surface area contributed by atoms with Crippen molar-refractivity contribution in [2.45, 2.75) is 6.54 Å². The van der Waals surface area contributed by atoms with Gasteiger partial charge in [0.25, 0.3) is 5.91 Å². The lowest BCUT2D eigenvalue weighted by atomic mass is 10.2. The van der Waals surface area contributed by atoms with Crippen LogP contribution in [-0.2, 0) is 11.3 Å². The molecule has 1 amide bonds. The fourth-order valence-electron chi connectivity index (χ4n) is 1.62. The van der Waals surface area contributed by atoms with E-state index in [0.717, 1.165) is 5.56 Å². The number of anilines is 1. The Kier molecular flexibility index (Phi) is 5.07. The highest BCUT2D eigenvalue weighted by Crippen LogP contribution is 2.03. The molecule has 0 fully saturated rings. The van der Waals surface area contributed by atoms with Crippen LogP contribution in [0.3, 0.4) is 0 Å². The topological polar surface area (TPSA) is 77.8 Å². The molecule has 0 spiro atoms. The van der Waals surface area contributed by atoms with Crippen LogP contribution < -0.4 is 10.6 Å². The molecule has 2 aromatic rings. The highest BCUT2D eigenvalue weighted by atomic mass is 16.1. The van der Waals surface area contributed by atoms with Crippen molar-refractivity contribution in [3.63, 3.8) is 0 Å². The van der Waals surface area contributed by atoms with Gasteiger partial charge in [-0.15, -0.1) is 0 Å². The molecule has 21 heavy (non-hydrogen) atoms. The van der Waals surface area contributed by atoms with Gasteiger partial charge in [-0.05, 0) is 17.7 Å². The molecule has 2 rings (SSSR count). The van der Waals surface area contributed by atoms with Crippen LogP contribution in [0.1, 0.15) is 5.56 Å². The van der Waals surface area contributed by atoms with Gasteiger partial charge in [0.2, 0.25) is 0 Å². The first kappa shape index (κ1) is 14.3. The van der Waals surface area contributed by atoms with E-state index in [2.05, 4.69) is 15.6 Å². The Balaban J connectivity index is 1.94. The minimum Gasteiger partial charge on any atom is -0.347 e. The molecule has 0 aliphatic carbocycles. The molecule has 0 bridgehead atoms. The van der Waals surface area contributed by atoms with E-state index in [0.29, 0.717) is 12.4 Å². The van der Waals surface area contributed by atoms with Gasteiger partial charge < -0.3 is 10.6 Å². The second-order valence-electron chi connectivity index (χ2n) is 4.20. The fraction of sp³-hybridized carbons (Fsp3) is 0.0625. The highest BCUT2D eigenvalue weighted by Gasteiger charge is 2.08. The minimum absolute atomic E-state index is 0.00316. The molecule has 0 radical (unpaired) electrons. The molecule has 1 aromatic carbocycles. The molecule has 5 heteroatoms. The molecule has 2 N–H and O–H groups in total. The first-order chi connectivity index (χ1) is 10.3. The minimum atomic E-state index is -0.426. The normalized spacial score (nSPS) is 10.5. The SMILES string of the molecule is N#C/C(=C/Nc1ccccn1)C(=O)NCc1ccccc1. The largest absolute Gasteiger partial charge is 0.347 e. The Morgan fingerprint density at radius 2 is 1.95 bits per heavy atom. The van der Waals surface area contributed by atoms with Crippen LogP contribution in [-0.4, -0.2) is 10.9 Å². The number of hydrogen-bond donors (Lipinski definition) is 2. The number of carbonyl (C=O) groups is 1. The van der Waals surface area contributed by atoms with Gasteiger partial charge in [0.05, 0.1) is 0 Å². The van der Waals surface area contributed by atoms with Crippen molar-refractivity contribution in [2.75, 3.05) is 5.32 Å². The molecule has 1 aromatic heterocycles. The predicted octanol–water partition coefficient (Wildman–Crippen LogP) is 2.22. The zero-order valence-electron chi connectivity index (χ0n) is 11.3. The maximum atomic E-state index is 11.9. The zero-order valence-corrected chi connectivity index (χ0v) is 11.3. The predicted molar refractivity (Wildman–Crippen MR) is 79.8 cm³/mol. The van der Waals surface area contributed by atoms with Crippen molar-refractivity contribution in [1.29, 1.82) is 5.26 Å². The van der Waals surface area contributed by atoms with Crippen molar-refractivity contribution < 1.29 is 4.79 Å². The number of nitrogens with zero attached hydrogens (tertiary/aromatic N) is 2.